The van der Waals surface area contributed by atoms with Gasteiger partial charge >= 0.3 is 5.97 Å². The van der Waals surface area contributed by atoms with E-state index in [2.05, 4.69) is 0 Å². The molecule has 0 unspecified atom stereocenters. The molecular weight excluding hydrogens is 246 g/mol. The van der Waals surface area contributed by atoms with Crippen LogP contribution in [0.3, 0.4) is 0 Å². The van der Waals surface area contributed by atoms with Crippen LogP contribution in [0.4, 0.5) is 0 Å². The second-order valence-corrected chi connectivity index (χ2v) is 4.48. The van der Waals surface area contributed by atoms with Gasteiger partial charge in [-0.2, -0.15) is 0 Å². The first-order valence-corrected chi connectivity index (χ1v) is 5.79. The summed E-state index contributed by atoms with van der Waals surface area (Å²) in [5.74, 6) is -0.770. The molecule has 1 aromatic heterocycles. The molecule has 0 spiro atoms. The normalized spacial score (nSPS) is 10.7. The minimum Gasteiger partial charge on any atom is -0.497 e. The van der Waals surface area contributed by atoms with Gasteiger partial charge in [0.1, 0.15) is 11.4 Å². The summed E-state index contributed by atoms with van der Waals surface area (Å²) in [6, 6.07) is 3.52. The van der Waals surface area contributed by atoms with Crippen molar-refractivity contribution >= 4 is 22.7 Å². The molecule has 1 N–H and O–H groups in total. The molecule has 0 saturated carbocycles. The third-order valence-electron chi connectivity index (χ3n) is 3.24. The second kappa shape index (κ2) is 4.42. The maximum atomic E-state index is 11.8. The molecule has 0 aliphatic heterocycles. The van der Waals surface area contributed by atoms with Crippen LogP contribution in [0.1, 0.15) is 33.3 Å². The number of carbonyl (C=O) groups is 2. The topological polar surface area (TPSA) is 68.5 Å². The fourth-order valence-electron chi connectivity index (χ4n) is 2.51. The minimum absolute atomic E-state index is 0.0128. The number of methoxy groups -OCH3 is 1. The van der Waals surface area contributed by atoms with Crippen molar-refractivity contribution in [2.75, 3.05) is 7.11 Å². The zero-order chi connectivity index (χ0) is 14.3. The number of aromatic carboxylic acids is 1. The molecule has 0 saturated heterocycles. The van der Waals surface area contributed by atoms with Gasteiger partial charge in [0.25, 0.3) is 0 Å². The minimum atomic E-state index is -1.11. The Balaban J connectivity index is 3.01. The van der Waals surface area contributed by atoms with Gasteiger partial charge < -0.3 is 14.4 Å². The van der Waals surface area contributed by atoms with E-state index >= 15 is 0 Å². The lowest BCUT2D eigenvalue weighted by molar-refractivity contribution is 0.0682. The molecule has 0 radical (unpaired) electrons. The van der Waals surface area contributed by atoms with E-state index in [-0.39, 0.29) is 17.0 Å². The summed E-state index contributed by atoms with van der Waals surface area (Å²) in [5.41, 5.74) is 1.85. The van der Waals surface area contributed by atoms with Gasteiger partial charge in [-0.15, -0.1) is 0 Å². The second-order valence-electron chi connectivity index (χ2n) is 4.48. The summed E-state index contributed by atoms with van der Waals surface area (Å²) in [6.45, 7) is 3.23. The summed E-state index contributed by atoms with van der Waals surface area (Å²) in [5, 5.41) is 9.92. The number of carboxylic acid groups (broad SMARTS) is 1. The van der Waals surface area contributed by atoms with E-state index in [0.717, 1.165) is 11.1 Å². The molecule has 5 nitrogen and oxygen atoms in total. The highest BCUT2D eigenvalue weighted by Gasteiger charge is 2.24. The van der Waals surface area contributed by atoms with Crippen LogP contribution in [-0.2, 0) is 7.05 Å². The highest BCUT2D eigenvalue weighted by atomic mass is 16.5. The van der Waals surface area contributed by atoms with Crippen molar-refractivity contribution in [2.45, 2.75) is 13.8 Å². The van der Waals surface area contributed by atoms with Crippen LogP contribution in [0, 0.1) is 6.92 Å². The van der Waals surface area contributed by atoms with Gasteiger partial charge in [-0.05, 0) is 31.5 Å². The summed E-state index contributed by atoms with van der Waals surface area (Å²) < 4.78 is 6.72. The molecule has 0 atom stereocenters. The van der Waals surface area contributed by atoms with E-state index < -0.39 is 5.97 Å². The molecule has 0 aliphatic rings. The van der Waals surface area contributed by atoms with Gasteiger partial charge in [-0.3, -0.25) is 4.79 Å². The van der Waals surface area contributed by atoms with E-state index in [0.29, 0.717) is 11.1 Å². The molecule has 100 valence electrons. The van der Waals surface area contributed by atoms with Gasteiger partial charge in [0.2, 0.25) is 0 Å². The first kappa shape index (κ1) is 13.1. The molecular formula is C14H15NO4. The van der Waals surface area contributed by atoms with Crippen molar-refractivity contribution < 1.29 is 19.4 Å². The van der Waals surface area contributed by atoms with E-state index in [1.165, 1.54) is 14.0 Å². The molecule has 0 fully saturated rings. The fraction of sp³-hybridized carbons (Fsp3) is 0.286. The Bertz CT molecular complexity index is 697. The Morgan fingerprint density at radius 3 is 2.42 bits per heavy atom. The lowest BCUT2D eigenvalue weighted by Crippen LogP contribution is -2.09. The number of aryl methyl sites for hydroxylation is 2. The number of hydrogen-bond acceptors (Lipinski definition) is 3. The number of ketones is 1. The predicted octanol–water partition coefficient (Wildman–Crippen LogP) is 2.40. The van der Waals surface area contributed by atoms with E-state index in [4.69, 9.17) is 4.74 Å². The molecule has 19 heavy (non-hydrogen) atoms. The average Bonchev–Trinajstić information content (AvgIpc) is 2.62. The number of benzene rings is 1. The largest absolute Gasteiger partial charge is 0.497 e. The Hall–Kier alpha value is -2.30. The highest BCUT2D eigenvalue weighted by molar-refractivity contribution is 6.15. The number of hydrogen-bond donors (Lipinski definition) is 1. The Morgan fingerprint density at radius 1 is 1.32 bits per heavy atom. The van der Waals surface area contributed by atoms with Crippen molar-refractivity contribution in [2.24, 2.45) is 7.05 Å². The molecule has 0 amide bonds. The van der Waals surface area contributed by atoms with Crippen LogP contribution in [0.5, 0.6) is 5.75 Å². The number of rotatable bonds is 3. The van der Waals surface area contributed by atoms with Crippen LogP contribution in [0.15, 0.2) is 12.1 Å². The highest BCUT2D eigenvalue weighted by Crippen LogP contribution is 2.32. The number of carboxylic acids is 1. The van der Waals surface area contributed by atoms with Crippen LogP contribution in [0.25, 0.3) is 10.9 Å². The number of nitrogens with zero attached hydrogens (tertiary/aromatic N) is 1. The van der Waals surface area contributed by atoms with Crippen molar-refractivity contribution in [1.82, 2.24) is 4.57 Å². The summed E-state index contributed by atoms with van der Waals surface area (Å²) >= 11 is 0. The van der Waals surface area contributed by atoms with Crippen molar-refractivity contribution in [3.05, 3.63) is 29.0 Å². The molecule has 5 heteroatoms. The summed E-state index contributed by atoms with van der Waals surface area (Å²) in [7, 11) is 3.19. The lowest BCUT2D eigenvalue weighted by atomic mass is 10.0. The van der Waals surface area contributed by atoms with E-state index in [1.54, 1.807) is 17.7 Å². The Morgan fingerprint density at radius 2 is 1.95 bits per heavy atom. The van der Waals surface area contributed by atoms with Crippen molar-refractivity contribution in [1.29, 1.82) is 0 Å². The van der Waals surface area contributed by atoms with Crippen LogP contribution in [0.2, 0.25) is 0 Å². The molecule has 1 aromatic carbocycles. The number of Topliss-reactive ketones (excluding diaryl/α,β-unsaturated/α-hetero) is 1. The Labute approximate surface area is 110 Å². The fourth-order valence-corrected chi connectivity index (χ4v) is 2.51. The predicted molar refractivity (Wildman–Crippen MR) is 71.2 cm³/mol. The zero-order valence-corrected chi connectivity index (χ0v) is 11.3. The Kier molecular flexibility index (Phi) is 3.06. The average molecular weight is 261 g/mol. The van der Waals surface area contributed by atoms with Crippen LogP contribution in [-0.4, -0.2) is 28.5 Å². The van der Waals surface area contributed by atoms with Crippen molar-refractivity contribution in [3.63, 3.8) is 0 Å². The summed E-state index contributed by atoms with van der Waals surface area (Å²) in [6.07, 6.45) is 0. The monoisotopic (exact) mass is 261 g/mol. The smallest absolute Gasteiger partial charge is 0.353 e. The van der Waals surface area contributed by atoms with Gasteiger partial charge in [0.05, 0.1) is 18.2 Å². The van der Waals surface area contributed by atoms with E-state index in [9.17, 15) is 14.7 Å². The molecule has 2 aromatic rings. The molecule has 2 rings (SSSR count). The third-order valence-corrected chi connectivity index (χ3v) is 3.24. The SMILES string of the molecule is COc1cc(C)c2c(c1)c(C(C)=O)c(C(=O)O)n2C. The first-order chi connectivity index (χ1) is 8.88. The maximum Gasteiger partial charge on any atom is 0.353 e. The van der Waals surface area contributed by atoms with Crippen molar-refractivity contribution in [3.8, 4) is 5.75 Å². The third kappa shape index (κ3) is 1.87. The molecule has 0 aliphatic carbocycles. The van der Waals surface area contributed by atoms with Gasteiger partial charge in [-0.1, -0.05) is 0 Å². The van der Waals surface area contributed by atoms with E-state index in [1.807, 2.05) is 13.0 Å². The van der Waals surface area contributed by atoms with Crippen LogP contribution < -0.4 is 4.74 Å². The zero-order valence-electron chi connectivity index (χ0n) is 11.3. The van der Waals surface area contributed by atoms with Gasteiger partial charge in [0.15, 0.2) is 5.78 Å². The molecule has 0 bridgehead atoms. The quantitative estimate of drug-likeness (QED) is 0.861. The maximum absolute atomic E-state index is 11.8. The number of ether oxygens (including phenoxy) is 1. The number of fused-ring (bicyclic) bond motifs is 1. The summed E-state index contributed by atoms with van der Waals surface area (Å²) in [4.78, 5) is 23.2. The van der Waals surface area contributed by atoms with Gasteiger partial charge in [0, 0.05) is 12.4 Å². The first-order valence-electron chi connectivity index (χ1n) is 5.79. The molecule has 1 heterocycles. The van der Waals surface area contributed by atoms with Gasteiger partial charge in [-0.25, -0.2) is 4.79 Å². The lowest BCUT2D eigenvalue weighted by Gasteiger charge is -2.05. The standard InChI is InChI=1S/C14H15NO4/c1-7-5-9(19-4)6-10-11(8(2)16)13(14(17)18)15(3)12(7)10/h5-6H,1-4H3,(H,17,18). The number of aromatic nitrogens is 1. The van der Waals surface area contributed by atoms with Crippen LogP contribution >= 0.6 is 0 Å². The number of carbonyl (C=O) groups excluding carboxylic acids is 1.